The fourth-order valence-corrected chi connectivity index (χ4v) is 13.4. The van der Waals surface area contributed by atoms with Crippen LogP contribution < -0.4 is 10.6 Å². The fraction of sp³-hybridized carbons (Fsp3) is 0.260. The van der Waals surface area contributed by atoms with Gasteiger partial charge in [0.15, 0.2) is 16.9 Å². The molecular weight excluding hydrogens is 1270 g/mol. The number of hydrogen-bond donors (Lipinski definition) is 2. The molecule has 1 atom stereocenters. The first-order valence-corrected chi connectivity index (χ1v) is 33.1. The van der Waals surface area contributed by atoms with E-state index in [-0.39, 0.29) is 55.5 Å². The van der Waals surface area contributed by atoms with E-state index in [0.717, 1.165) is 78.6 Å². The normalized spacial score (nSPS) is 16.1. The Morgan fingerprint density at radius 3 is 1.11 bits per heavy atom. The number of halogens is 4. The number of carbonyl (C=O) groups is 3. The van der Waals surface area contributed by atoms with Crippen molar-refractivity contribution in [1.29, 1.82) is 0 Å². The lowest BCUT2D eigenvalue weighted by atomic mass is 9.78. The quantitative estimate of drug-likeness (QED) is 0.104. The van der Waals surface area contributed by atoms with Crippen LogP contribution >= 0.6 is 34.8 Å². The second-order valence-corrected chi connectivity index (χ2v) is 26.1. The van der Waals surface area contributed by atoms with E-state index < -0.39 is 5.67 Å². The number of amides is 3. The summed E-state index contributed by atoms with van der Waals surface area (Å²) in [7, 11) is 2.10. The molecule has 3 fully saturated rings. The monoisotopic (exact) mass is 1340 g/mol. The zero-order valence-electron chi connectivity index (χ0n) is 53.1. The van der Waals surface area contributed by atoms with Crippen molar-refractivity contribution >= 4 is 85.6 Å². The molecule has 8 heterocycles. The number of aromatic nitrogens is 12. The number of rotatable bonds is 14. The summed E-state index contributed by atoms with van der Waals surface area (Å²) >= 11 is 20.6. The van der Waals surface area contributed by atoms with Gasteiger partial charge < -0.3 is 20.4 Å². The largest absolute Gasteiger partial charge is 0.352 e. The minimum atomic E-state index is -1.36. The fourth-order valence-electron chi connectivity index (χ4n) is 12.4. The Labute approximate surface area is 568 Å². The zero-order chi connectivity index (χ0) is 66.5. The second kappa shape index (κ2) is 28.2. The van der Waals surface area contributed by atoms with Crippen LogP contribution in [0.15, 0.2) is 182 Å². The smallest absolute Gasteiger partial charge is 0.244 e. The lowest BCUT2D eigenvalue weighted by Crippen LogP contribution is -2.51. The molecule has 3 amide bonds. The molecule has 2 N–H and O–H groups in total. The lowest BCUT2D eigenvalue weighted by Gasteiger charge is -2.39. The van der Waals surface area contributed by atoms with E-state index in [2.05, 4.69) is 60.1 Å². The molecule has 6 aromatic carbocycles. The van der Waals surface area contributed by atoms with Crippen LogP contribution in [0.2, 0.25) is 15.1 Å². The van der Waals surface area contributed by atoms with Crippen LogP contribution in [0.4, 0.5) is 4.39 Å². The van der Waals surface area contributed by atoms with E-state index in [0.29, 0.717) is 95.3 Å². The summed E-state index contributed by atoms with van der Waals surface area (Å²) in [6.45, 7) is 6.10. The third-order valence-electron chi connectivity index (χ3n) is 17.7. The first-order valence-electron chi connectivity index (χ1n) is 31.9. The number of carbonyl (C=O) groups excluding carboxylic acids is 3. The molecule has 2 aliphatic heterocycles. The van der Waals surface area contributed by atoms with Crippen molar-refractivity contribution in [2.24, 2.45) is 0 Å². The molecule has 96 heavy (non-hydrogen) atoms. The van der Waals surface area contributed by atoms with Crippen molar-refractivity contribution in [2.45, 2.75) is 89.3 Å². The summed E-state index contributed by atoms with van der Waals surface area (Å²) < 4.78 is 19.0. The summed E-state index contributed by atoms with van der Waals surface area (Å²) in [6, 6.07) is 58.4. The number of hydrogen-bond acceptors (Lipinski definition) is 13. The van der Waals surface area contributed by atoms with Crippen molar-refractivity contribution in [2.75, 3.05) is 33.2 Å². The maximum absolute atomic E-state index is 14.2. The van der Waals surface area contributed by atoms with Crippen molar-refractivity contribution in [3.63, 3.8) is 0 Å². The van der Waals surface area contributed by atoms with Gasteiger partial charge in [-0.05, 0) is 66.1 Å². The number of alkyl halides is 1. The molecule has 23 heteroatoms. The second-order valence-electron chi connectivity index (χ2n) is 25.0. The Kier molecular flexibility index (Phi) is 19.1. The highest BCUT2D eigenvalue weighted by molar-refractivity contribution is 6.40. The number of nitrogens with one attached hydrogen (secondary N) is 2. The Balaban J connectivity index is 0.000000130. The summed E-state index contributed by atoms with van der Waals surface area (Å²) in [5.41, 5.74) is 8.96. The highest BCUT2D eigenvalue weighted by Gasteiger charge is 2.37. The van der Waals surface area contributed by atoms with Gasteiger partial charge in [0.05, 0.1) is 37.8 Å². The van der Waals surface area contributed by atoms with Crippen molar-refractivity contribution in [1.82, 2.24) is 80.4 Å². The first kappa shape index (κ1) is 64.8. The minimum Gasteiger partial charge on any atom is -0.352 e. The molecular formula is C73H68Cl3FN16O3. The zero-order valence-corrected chi connectivity index (χ0v) is 55.4. The summed E-state index contributed by atoms with van der Waals surface area (Å²) in [5, 5.41) is 50.3. The average molecular weight is 1340 g/mol. The van der Waals surface area contributed by atoms with Crippen LogP contribution in [0.25, 0.3) is 101 Å². The lowest BCUT2D eigenvalue weighted by molar-refractivity contribution is -0.131. The SMILES string of the molecule is CC1(F)CCN(C(=O)Cn2nc(-c3ccccc3)c3c(Cl)c(-c4ccccc4)nnc32)C1.CC1(NC(=O)Cn2nc(-c3ccccc3)c3c(Cl)c(-c4ccccc4)nnc32)CCC1.CN1CCC(NC(=O)Cn2nc(-c3ccccc3)c3c(Cl)c(-c4ccccc4)nnc32)CC1. The Morgan fingerprint density at radius 2 is 0.792 bits per heavy atom. The number of likely N-dealkylation sites (tertiary alicyclic amines) is 2. The molecule has 1 saturated carbocycles. The van der Waals surface area contributed by atoms with E-state index in [9.17, 15) is 18.8 Å². The molecule has 3 aliphatic rings. The van der Waals surface area contributed by atoms with Crippen molar-refractivity contribution < 1.29 is 18.8 Å². The third-order valence-corrected chi connectivity index (χ3v) is 18.8. The number of piperidine rings is 1. The minimum absolute atomic E-state index is 0.0604. The highest BCUT2D eigenvalue weighted by atomic mass is 35.5. The standard InChI is InChI=1S/C25H25ClN6O.C24H21ClFN5O.C24H22ClN5O/c1-31-14-12-19(13-15-31)27-20(33)16-32-25-21(23(30-32)17-8-4-2-5-9-17)22(26)24(28-29-25)18-10-6-3-7-11-18;1-24(26)12-13-30(15-24)18(32)14-31-23-19(21(29-31)16-8-4-2-5-9-16)20(25)22(27-28-23)17-10-6-3-7-11-17;1-24(13-8-14-24)26-18(31)15-30-23-19(21(29-30)16-9-4-2-5-10-16)20(25)22(27-28-23)17-11-6-3-7-12-17/h2-11,19H,12-16H2,1H3,(H,27,33);2-11H,12-15H2,1H3;2-7,9-12H,8,13-15H2,1H3,(H,26,31). The predicted molar refractivity (Wildman–Crippen MR) is 373 cm³/mol. The first-order chi connectivity index (χ1) is 46.6. The van der Waals surface area contributed by atoms with Gasteiger partial charge in [0.1, 0.15) is 59.5 Å². The van der Waals surface area contributed by atoms with E-state index in [1.54, 1.807) is 9.36 Å². The molecule has 1 unspecified atom stereocenters. The molecule has 15 rings (SSSR count). The Hall–Kier alpha value is -9.86. The number of fused-ring (bicyclic) bond motifs is 3. The summed E-state index contributed by atoms with van der Waals surface area (Å²) in [5.74, 6) is -0.379. The van der Waals surface area contributed by atoms with Gasteiger partial charge >= 0.3 is 0 Å². The van der Waals surface area contributed by atoms with Gasteiger partial charge in [0.25, 0.3) is 0 Å². The van der Waals surface area contributed by atoms with Gasteiger partial charge in [-0.25, -0.2) is 18.4 Å². The molecule has 1 aliphatic carbocycles. The topological polar surface area (TPSA) is 213 Å². The van der Waals surface area contributed by atoms with Gasteiger partial charge in [-0.3, -0.25) is 14.4 Å². The Morgan fingerprint density at radius 1 is 0.458 bits per heavy atom. The molecule has 12 aromatic rings. The maximum Gasteiger partial charge on any atom is 0.244 e. The van der Waals surface area contributed by atoms with Gasteiger partial charge in [-0.2, -0.15) is 15.3 Å². The number of nitrogens with zero attached hydrogens (tertiary/aromatic N) is 14. The molecule has 6 aromatic heterocycles. The van der Waals surface area contributed by atoms with Gasteiger partial charge in [0.2, 0.25) is 17.7 Å². The van der Waals surface area contributed by atoms with E-state index in [1.807, 2.05) is 182 Å². The molecule has 0 radical (unpaired) electrons. The highest BCUT2D eigenvalue weighted by Crippen LogP contribution is 2.41. The maximum atomic E-state index is 14.2. The Bertz CT molecular complexity index is 4760. The van der Waals surface area contributed by atoms with Crippen LogP contribution in [-0.2, 0) is 34.0 Å². The molecule has 486 valence electrons. The van der Waals surface area contributed by atoms with E-state index >= 15 is 0 Å². The van der Waals surface area contributed by atoms with Crippen LogP contribution in [-0.4, -0.2) is 138 Å². The average Bonchev–Trinajstić information content (AvgIpc) is 1.60. The molecule has 0 spiro atoms. The van der Waals surface area contributed by atoms with Crippen LogP contribution in [0.3, 0.4) is 0 Å². The van der Waals surface area contributed by atoms with Crippen molar-refractivity contribution in [3.05, 3.63) is 197 Å². The van der Waals surface area contributed by atoms with Crippen molar-refractivity contribution in [3.8, 4) is 67.5 Å². The molecule has 0 bridgehead atoms. The number of benzene rings is 6. The molecule has 2 saturated heterocycles. The van der Waals surface area contributed by atoms with E-state index in [1.165, 1.54) is 16.5 Å². The van der Waals surface area contributed by atoms with E-state index in [4.69, 9.17) is 50.1 Å². The summed E-state index contributed by atoms with van der Waals surface area (Å²) in [4.78, 5) is 42.3. The summed E-state index contributed by atoms with van der Waals surface area (Å²) in [6.07, 6.45) is 5.37. The van der Waals surface area contributed by atoms with Crippen LogP contribution in [0.1, 0.15) is 52.4 Å². The third kappa shape index (κ3) is 14.1. The predicted octanol–water partition coefficient (Wildman–Crippen LogP) is 13.7. The van der Waals surface area contributed by atoms with Crippen LogP contribution in [0.5, 0.6) is 0 Å². The van der Waals surface area contributed by atoms with Gasteiger partial charge in [0, 0.05) is 57.9 Å². The van der Waals surface area contributed by atoms with Gasteiger partial charge in [-0.1, -0.05) is 217 Å². The van der Waals surface area contributed by atoms with Gasteiger partial charge in [-0.15, -0.1) is 30.6 Å². The van der Waals surface area contributed by atoms with Crippen LogP contribution in [0, 0.1) is 0 Å². The molecule has 19 nitrogen and oxygen atoms in total.